The molecule has 2 amide bonds. The molecule has 0 radical (unpaired) electrons. The van der Waals surface area contributed by atoms with Gasteiger partial charge in [0.1, 0.15) is 6.04 Å². The van der Waals surface area contributed by atoms with Gasteiger partial charge in [0.15, 0.2) is 0 Å². The van der Waals surface area contributed by atoms with Crippen LogP contribution in [0, 0.1) is 11.8 Å². The van der Waals surface area contributed by atoms with Gasteiger partial charge in [0.2, 0.25) is 11.8 Å². The Balaban J connectivity index is 1.56. The van der Waals surface area contributed by atoms with Gasteiger partial charge in [-0.3, -0.25) is 14.5 Å². The quantitative estimate of drug-likeness (QED) is 0.775. The van der Waals surface area contributed by atoms with Crippen LogP contribution in [0.5, 0.6) is 0 Å². The maximum absolute atomic E-state index is 13.2. The summed E-state index contributed by atoms with van der Waals surface area (Å²) in [4.78, 5) is 41.0. The lowest BCUT2D eigenvalue weighted by Gasteiger charge is -2.26. The van der Waals surface area contributed by atoms with Crippen molar-refractivity contribution in [1.29, 1.82) is 0 Å². The summed E-state index contributed by atoms with van der Waals surface area (Å²) in [5.74, 6) is -0.291. The summed E-state index contributed by atoms with van der Waals surface area (Å²) in [6, 6.07) is 6.91. The highest BCUT2D eigenvalue weighted by Crippen LogP contribution is 2.36. The Morgan fingerprint density at radius 2 is 1.96 bits per heavy atom. The van der Waals surface area contributed by atoms with E-state index in [1.54, 1.807) is 4.90 Å². The maximum Gasteiger partial charge on any atom is 0.329 e. The third kappa shape index (κ3) is 2.90. The zero-order valence-electron chi connectivity index (χ0n) is 14.3. The molecule has 1 saturated heterocycles. The first-order valence-corrected chi connectivity index (χ1v) is 8.85. The molecule has 4 rings (SSSR count). The Morgan fingerprint density at radius 3 is 2.68 bits per heavy atom. The number of hydrogen-bond acceptors (Lipinski definition) is 4. The smallest absolute Gasteiger partial charge is 0.329 e. The lowest BCUT2D eigenvalue weighted by molar-refractivity contribution is -0.143. The van der Waals surface area contributed by atoms with Gasteiger partial charge in [0, 0.05) is 31.6 Å². The molecule has 2 fully saturated rings. The molecule has 1 aromatic carbocycles. The largest absolute Gasteiger partial charge is 0.467 e. The number of hydrogen-bond donors (Lipinski definition) is 0. The second-order valence-electron chi connectivity index (χ2n) is 7.22. The minimum absolute atomic E-state index is 0.0485. The van der Waals surface area contributed by atoms with Crippen molar-refractivity contribution in [2.75, 3.05) is 25.1 Å². The number of carbonyl (C=O) groups is 3. The second-order valence-corrected chi connectivity index (χ2v) is 7.22. The lowest BCUT2D eigenvalue weighted by atomic mass is 10.1. The standard InChI is InChI=1S/C19H22N2O4/c1-25-19(24)16-8-13-4-2-3-5-15(13)21(16)18(23)14-9-17(22)20(11-14)10-12-6-7-12/h2-5,12,14,16H,6-11H2,1H3/t14-,16+/m0/s1. The van der Waals surface area contributed by atoms with E-state index in [4.69, 9.17) is 4.74 Å². The average Bonchev–Trinajstić information content (AvgIpc) is 3.24. The zero-order chi connectivity index (χ0) is 17.6. The van der Waals surface area contributed by atoms with Gasteiger partial charge in [0.05, 0.1) is 13.0 Å². The van der Waals surface area contributed by atoms with Gasteiger partial charge < -0.3 is 9.64 Å². The van der Waals surface area contributed by atoms with Crippen molar-refractivity contribution in [3.8, 4) is 0 Å². The van der Waals surface area contributed by atoms with E-state index >= 15 is 0 Å². The van der Waals surface area contributed by atoms with E-state index < -0.39 is 12.0 Å². The number of esters is 1. The minimum atomic E-state index is -0.637. The summed E-state index contributed by atoms with van der Waals surface area (Å²) < 4.78 is 4.90. The molecule has 2 aliphatic heterocycles. The van der Waals surface area contributed by atoms with Gasteiger partial charge in [-0.25, -0.2) is 4.79 Å². The monoisotopic (exact) mass is 342 g/mol. The molecule has 0 unspecified atom stereocenters. The molecule has 0 N–H and O–H groups in total. The first-order valence-electron chi connectivity index (χ1n) is 8.85. The number of likely N-dealkylation sites (tertiary alicyclic amines) is 1. The predicted octanol–water partition coefficient (Wildman–Crippen LogP) is 1.38. The van der Waals surface area contributed by atoms with Gasteiger partial charge in [0.25, 0.3) is 0 Å². The molecule has 132 valence electrons. The molecular weight excluding hydrogens is 320 g/mol. The van der Waals surface area contributed by atoms with Crippen LogP contribution in [0.3, 0.4) is 0 Å². The third-order valence-electron chi connectivity index (χ3n) is 5.43. The minimum Gasteiger partial charge on any atom is -0.467 e. The van der Waals surface area contributed by atoms with E-state index in [1.165, 1.54) is 20.0 Å². The number of para-hydroxylation sites is 1. The number of benzene rings is 1. The van der Waals surface area contributed by atoms with Crippen LogP contribution in [-0.2, 0) is 25.5 Å². The summed E-state index contributed by atoms with van der Waals surface area (Å²) in [7, 11) is 1.34. The van der Waals surface area contributed by atoms with Crippen LogP contribution in [-0.4, -0.2) is 48.9 Å². The Hall–Kier alpha value is -2.37. The summed E-state index contributed by atoms with van der Waals surface area (Å²) in [5.41, 5.74) is 1.72. The van der Waals surface area contributed by atoms with Crippen LogP contribution < -0.4 is 4.90 Å². The van der Waals surface area contributed by atoms with E-state index in [9.17, 15) is 14.4 Å². The van der Waals surface area contributed by atoms with Crippen molar-refractivity contribution in [1.82, 2.24) is 4.90 Å². The number of rotatable bonds is 4. The van der Waals surface area contributed by atoms with E-state index in [0.717, 1.165) is 17.8 Å². The van der Waals surface area contributed by atoms with Gasteiger partial charge in [-0.15, -0.1) is 0 Å². The Morgan fingerprint density at radius 1 is 1.20 bits per heavy atom. The topological polar surface area (TPSA) is 66.9 Å². The van der Waals surface area contributed by atoms with Crippen molar-refractivity contribution in [2.45, 2.75) is 31.7 Å². The fourth-order valence-corrected chi connectivity index (χ4v) is 3.91. The Bertz CT molecular complexity index is 728. The van der Waals surface area contributed by atoms with Crippen LogP contribution in [0.15, 0.2) is 24.3 Å². The number of carbonyl (C=O) groups excluding carboxylic acids is 3. The van der Waals surface area contributed by atoms with Crippen molar-refractivity contribution in [2.24, 2.45) is 11.8 Å². The van der Waals surface area contributed by atoms with Crippen LogP contribution >= 0.6 is 0 Å². The van der Waals surface area contributed by atoms with E-state index in [0.29, 0.717) is 18.9 Å². The second kappa shape index (κ2) is 6.17. The maximum atomic E-state index is 13.2. The lowest BCUT2D eigenvalue weighted by Crippen LogP contribution is -2.46. The van der Waals surface area contributed by atoms with E-state index in [-0.39, 0.29) is 24.2 Å². The summed E-state index contributed by atoms with van der Waals surface area (Å²) in [6.45, 7) is 1.22. The molecule has 1 saturated carbocycles. The van der Waals surface area contributed by atoms with Gasteiger partial charge in [-0.05, 0) is 30.4 Å². The number of methoxy groups -OCH3 is 1. The number of nitrogens with zero attached hydrogens (tertiary/aromatic N) is 2. The van der Waals surface area contributed by atoms with Crippen molar-refractivity contribution in [3.05, 3.63) is 29.8 Å². The molecule has 0 bridgehead atoms. The third-order valence-corrected chi connectivity index (χ3v) is 5.43. The molecule has 0 aromatic heterocycles. The molecule has 6 nitrogen and oxygen atoms in total. The number of fused-ring (bicyclic) bond motifs is 1. The van der Waals surface area contributed by atoms with Crippen molar-refractivity contribution < 1.29 is 19.1 Å². The highest BCUT2D eigenvalue weighted by molar-refractivity contribution is 6.05. The van der Waals surface area contributed by atoms with Crippen LogP contribution in [0.2, 0.25) is 0 Å². The highest BCUT2D eigenvalue weighted by Gasteiger charge is 2.45. The summed E-state index contributed by atoms with van der Waals surface area (Å²) in [5, 5.41) is 0. The van der Waals surface area contributed by atoms with Gasteiger partial charge in [-0.1, -0.05) is 18.2 Å². The zero-order valence-corrected chi connectivity index (χ0v) is 14.3. The molecule has 2 atom stereocenters. The SMILES string of the molecule is COC(=O)[C@H]1Cc2ccccc2N1C(=O)[C@H]1CC(=O)N(CC2CC2)C1. The van der Waals surface area contributed by atoms with E-state index in [1.807, 2.05) is 29.2 Å². The molecule has 0 spiro atoms. The predicted molar refractivity (Wildman–Crippen MR) is 90.8 cm³/mol. The van der Waals surface area contributed by atoms with Crippen LogP contribution in [0.1, 0.15) is 24.8 Å². The van der Waals surface area contributed by atoms with Crippen molar-refractivity contribution >= 4 is 23.5 Å². The average molecular weight is 342 g/mol. The molecule has 6 heteroatoms. The van der Waals surface area contributed by atoms with E-state index in [2.05, 4.69) is 0 Å². The number of amides is 2. The molecule has 1 aliphatic carbocycles. The normalized spacial score (nSPS) is 25.2. The van der Waals surface area contributed by atoms with Gasteiger partial charge >= 0.3 is 5.97 Å². The Labute approximate surface area is 146 Å². The highest BCUT2D eigenvalue weighted by atomic mass is 16.5. The first-order chi connectivity index (χ1) is 12.1. The van der Waals surface area contributed by atoms with Crippen LogP contribution in [0.25, 0.3) is 0 Å². The molecule has 3 aliphatic rings. The first kappa shape index (κ1) is 16.1. The fourth-order valence-electron chi connectivity index (χ4n) is 3.91. The number of ether oxygens (including phenoxy) is 1. The fraction of sp³-hybridized carbons (Fsp3) is 0.526. The van der Waals surface area contributed by atoms with Crippen LogP contribution in [0.4, 0.5) is 5.69 Å². The molecular formula is C19H22N2O4. The van der Waals surface area contributed by atoms with Crippen molar-refractivity contribution in [3.63, 3.8) is 0 Å². The number of anilines is 1. The summed E-state index contributed by atoms with van der Waals surface area (Å²) in [6.07, 6.45) is 3.04. The summed E-state index contributed by atoms with van der Waals surface area (Å²) >= 11 is 0. The molecule has 2 heterocycles. The Kier molecular flexibility index (Phi) is 3.98. The van der Waals surface area contributed by atoms with Gasteiger partial charge in [-0.2, -0.15) is 0 Å². The molecule has 25 heavy (non-hydrogen) atoms. The molecule has 1 aromatic rings.